The van der Waals surface area contributed by atoms with Crippen molar-refractivity contribution in [2.45, 2.75) is 45.3 Å². The first-order chi connectivity index (χ1) is 11.4. The lowest BCUT2D eigenvalue weighted by atomic mass is 10.0. The fourth-order valence-electron chi connectivity index (χ4n) is 2.34. The number of nitrogens with one attached hydrogen (secondary N) is 1. The summed E-state index contributed by atoms with van der Waals surface area (Å²) in [6, 6.07) is 17.3. The van der Waals surface area contributed by atoms with Gasteiger partial charge in [-0.2, -0.15) is 0 Å². The number of hydrogen-bond donors (Lipinski definition) is 1. The van der Waals surface area contributed by atoms with Crippen molar-refractivity contribution < 1.29 is 9.53 Å². The van der Waals surface area contributed by atoms with Crippen LogP contribution >= 0.6 is 11.6 Å². The second kappa shape index (κ2) is 8.20. The Balaban J connectivity index is 1.86. The Hall–Kier alpha value is -2.00. The van der Waals surface area contributed by atoms with Gasteiger partial charge in [0.05, 0.1) is 0 Å². The first kappa shape index (κ1) is 18.3. The van der Waals surface area contributed by atoms with Crippen molar-refractivity contribution >= 4 is 17.5 Å². The van der Waals surface area contributed by atoms with Crippen LogP contribution in [-0.4, -0.2) is 17.6 Å². The molecule has 0 saturated carbocycles. The highest BCUT2D eigenvalue weighted by Gasteiger charge is 2.30. The van der Waals surface area contributed by atoms with Crippen LogP contribution in [-0.2, 0) is 11.2 Å². The fourth-order valence-corrected chi connectivity index (χ4v) is 2.47. The molecule has 0 unspecified atom stereocenters. The van der Waals surface area contributed by atoms with E-state index in [2.05, 4.69) is 17.4 Å². The van der Waals surface area contributed by atoms with Gasteiger partial charge in [-0.25, -0.2) is 0 Å². The Kier molecular flexibility index (Phi) is 6.27. The van der Waals surface area contributed by atoms with E-state index in [1.165, 1.54) is 5.56 Å². The highest BCUT2D eigenvalue weighted by atomic mass is 35.5. The molecule has 4 heteroatoms. The predicted molar refractivity (Wildman–Crippen MR) is 98.5 cm³/mol. The van der Waals surface area contributed by atoms with Crippen molar-refractivity contribution in [1.29, 1.82) is 0 Å². The van der Waals surface area contributed by atoms with Crippen LogP contribution in [0.2, 0.25) is 5.02 Å². The first-order valence-electron chi connectivity index (χ1n) is 8.16. The smallest absolute Gasteiger partial charge is 0.263 e. The maximum Gasteiger partial charge on any atom is 0.263 e. The van der Waals surface area contributed by atoms with Gasteiger partial charge >= 0.3 is 0 Å². The third kappa shape index (κ3) is 5.57. The summed E-state index contributed by atoms with van der Waals surface area (Å²) in [6.07, 6.45) is 1.81. The lowest BCUT2D eigenvalue weighted by Gasteiger charge is -2.27. The number of carbonyl (C=O) groups is 1. The van der Waals surface area contributed by atoms with E-state index in [1.807, 2.05) is 25.1 Å². The second-order valence-corrected chi connectivity index (χ2v) is 6.90. The third-order valence-corrected chi connectivity index (χ3v) is 4.07. The van der Waals surface area contributed by atoms with Gasteiger partial charge in [0.15, 0.2) is 5.60 Å². The van der Waals surface area contributed by atoms with Gasteiger partial charge in [0, 0.05) is 11.1 Å². The Morgan fingerprint density at radius 2 is 1.75 bits per heavy atom. The predicted octanol–water partition coefficient (Wildman–Crippen LogP) is 4.63. The van der Waals surface area contributed by atoms with Gasteiger partial charge in [-0.1, -0.05) is 41.9 Å². The SMILES string of the molecule is C[C@@H](CCc1ccccc1)NC(=O)C(C)(C)Oc1ccc(Cl)cc1. The standard InChI is InChI=1S/C20H24ClNO2/c1-15(9-10-16-7-5-4-6-8-16)22-19(23)20(2,3)24-18-13-11-17(21)12-14-18/h4-8,11-15H,9-10H2,1-3H3,(H,22,23)/t15-/m0/s1. The van der Waals surface area contributed by atoms with Crippen LogP contribution in [0.5, 0.6) is 5.75 Å². The molecule has 0 fully saturated rings. The van der Waals surface area contributed by atoms with Gasteiger partial charge in [0.25, 0.3) is 5.91 Å². The minimum absolute atomic E-state index is 0.0748. The number of hydrogen-bond acceptors (Lipinski definition) is 2. The molecule has 0 heterocycles. The highest BCUT2D eigenvalue weighted by Crippen LogP contribution is 2.21. The summed E-state index contributed by atoms with van der Waals surface area (Å²) in [5.41, 5.74) is 0.324. The zero-order valence-corrected chi connectivity index (χ0v) is 15.1. The number of amides is 1. The average molecular weight is 346 g/mol. The van der Waals surface area contributed by atoms with E-state index in [0.29, 0.717) is 10.8 Å². The van der Waals surface area contributed by atoms with E-state index in [-0.39, 0.29) is 11.9 Å². The topological polar surface area (TPSA) is 38.3 Å². The molecule has 2 aromatic rings. The maximum atomic E-state index is 12.5. The molecule has 0 aromatic heterocycles. The summed E-state index contributed by atoms with van der Waals surface area (Å²) >= 11 is 5.86. The molecule has 2 aromatic carbocycles. The molecule has 24 heavy (non-hydrogen) atoms. The van der Waals surface area contributed by atoms with Crippen LogP contribution in [0.4, 0.5) is 0 Å². The summed E-state index contributed by atoms with van der Waals surface area (Å²) < 4.78 is 5.81. The molecule has 128 valence electrons. The highest BCUT2D eigenvalue weighted by molar-refractivity contribution is 6.30. The van der Waals surface area contributed by atoms with Crippen molar-refractivity contribution in [1.82, 2.24) is 5.32 Å². The number of carbonyl (C=O) groups excluding carboxylic acids is 1. The largest absolute Gasteiger partial charge is 0.478 e. The number of rotatable bonds is 7. The van der Waals surface area contributed by atoms with Crippen LogP contribution in [0.3, 0.4) is 0 Å². The molecule has 1 amide bonds. The number of aryl methyl sites for hydroxylation is 1. The van der Waals surface area contributed by atoms with E-state index in [9.17, 15) is 4.79 Å². The average Bonchev–Trinajstić information content (AvgIpc) is 2.56. The van der Waals surface area contributed by atoms with Gasteiger partial charge in [0.1, 0.15) is 5.75 Å². The Bertz CT molecular complexity index is 653. The molecular formula is C20H24ClNO2. The van der Waals surface area contributed by atoms with Gasteiger partial charge in [-0.15, -0.1) is 0 Å². The fraction of sp³-hybridized carbons (Fsp3) is 0.350. The van der Waals surface area contributed by atoms with Crippen molar-refractivity contribution in [3.8, 4) is 5.75 Å². The number of halogens is 1. The molecular weight excluding hydrogens is 322 g/mol. The Morgan fingerprint density at radius 3 is 2.38 bits per heavy atom. The first-order valence-corrected chi connectivity index (χ1v) is 8.54. The van der Waals surface area contributed by atoms with Gasteiger partial charge in [0.2, 0.25) is 0 Å². The molecule has 0 aliphatic rings. The molecule has 0 aliphatic heterocycles. The molecule has 3 nitrogen and oxygen atoms in total. The minimum Gasteiger partial charge on any atom is -0.478 e. The summed E-state index contributed by atoms with van der Waals surface area (Å²) in [7, 11) is 0. The Labute approximate surface area is 149 Å². The van der Waals surface area contributed by atoms with Crippen LogP contribution in [0.1, 0.15) is 32.8 Å². The molecule has 0 radical (unpaired) electrons. The second-order valence-electron chi connectivity index (χ2n) is 6.47. The van der Waals surface area contributed by atoms with Crippen molar-refractivity contribution in [3.05, 3.63) is 65.2 Å². The molecule has 0 spiro atoms. The van der Waals surface area contributed by atoms with Gasteiger partial charge in [-0.05, 0) is 63.4 Å². The monoisotopic (exact) mass is 345 g/mol. The molecule has 0 bridgehead atoms. The Morgan fingerprint density at radius 1 is 1.12 bits per heavy atom. The maximum absolute atomic E-state index is 12.5. The number of benzene rings is 2. The number of ether oxygens (including phenoxy) is 1. The van der Waals surface area contributed by atoms with Gasteiger partial charge < -0.3 is 10.1 Å². The van der Waals surface area contributed by atoms with Crippen molar-refractivity contribution in [2.24, 2.45) is 0 Å². The summed E-state index contributed by atoms with van der Waals surface area (Å²) in [6.45, 7) is 5.54. The molecule has 1 N–H and O–H groups in total. The zero-order valence-electron chi connectivity index (χ0n) is 14.4. The van der Waals surface area contributed by atoms with E-state index in [1.54, 1.807) is 38.1 Å². The van der Waals surface area contributed by atoms with Crippen LogP contribution in [0.25, 0.3) is 0 Å². The molecule has 2 rings (SSSR count). The van der Waals surface area contributed by atoms with Gasteiger partial charge in [-0.3, -0.25) is 4.79 Å². The van der Waals surface area contributed by atoms with E-state index < -0.39 is 5.60 Å². The minimum atomic E-state index is -0.950. The van der Waals surface area contributed by atoms with Crippen molar-refractivity contribution in [3.63, 3.8) is 0 Å². The van der Waals surface area contributed by atoms with E-state index >= 15 is 0 Å². The summed E-state index contributed by atoms with van der Waals surface area (Å²) in [5, 5.41) is 3.67. The summed E-state index contributed by atoms with van der Waals surface area (Å²) in [5.74, 6) is 0.495. The lowest BCUT2D eigenvalue weighted by Crippen LogP contribution is -2.49. The quantitative estimate of drug-likeness (QED) is 0.794. The van der Waals surface area contributed by atoms with Crippen LogP contribution in [0.15, 0.2) is 54.6 Å². The zero-order chi connectivity index (χ0) is 17.6. The van der Waals surface area contributed by atoms with Crippen LogP contribution in [0, 0.1) is 0 Å². The lowest BCUT2D eigenvalue weighted by molar-refractivity contribution is -0.134. The molecule has 0 aliphatic carbocycles. The normalized spacial score (nSPS) is 12.5. The third-order valence-electron chi connectivity index (χ3n) is 3.82. The molecule has 0 saturated heterocycles. The van der Waals surface area contributed by atoms with Crippen molar-refractivity contribution in [2.75, 3.05) is 0 Å². The van der Waals surface area contributed by atoms with E-state index in [0.717, 1.165) is 12.8 Å². The molecule has 1 atom stereocenters. The van der Waals surface area contributed by atoms with Crippen LogP contribution < -0.4 is 10.1 Å². The van der Waals surface area contributed by atoms with E-state index in [4.69, 9.17) is 16.3 Å². The summed E-state index contributed by atoms with van der Waals surface area (Å²) in [4.78, 5) is 12.5.